The minimum Gasteiger partial charge on any atom is -0.350 e. The van der Waals surface area contributed by atoms with E-state index in [9.17, 15) is 18.0 Å². The Morgan fingerprint density at radius 1 is 1.30 bits per heavy atom. The van der Waals surface area contributed by atoms with Crippen LogP contribution in [0.2, 0.25) is 0 Å². The van der Waals surface area contributed by atoms with Crippen molar-refractivity contribution < 1.29 is 18.0 Å². The number of benzene rings is 1. The van der Waals surface area contributed by atoms with Crippen molar-refractivity contribution in [3.05, 3.63) is 53.3 Å². The van der Waals surface area contributed by atoms with Gasteiger partial charge in [0.1, 0.15) is 0 Å². The Labute approximate surface area is 132 Å². The molecule has 0 spiro atoms. The number of nitrogens with zero attached hydrogens (tertiary/aromatic N) is 2. The molecule has 0 aliphatic rings. The minimum atomic E-state index is -4.47. The number of carbonyl (C=O) groups excluding carboxylic acids is 1. The molecular formula is C16H18F3N3O. The molecule has 23 heavy (non-hydrogen) atoms. The van der Waals surface area contributed by atoms with E-state index in [0.717, 1.165) is 11.6 Å². The Balaban J connectivity index is 1.91. The maximum atomic E-state index is 12.6. The number of nitrogens with one attached hydrogen (secondary N) is 1. The second kappa shape index (κ2) is 6.85. The second-order valence-electron chi connectivity index (χ2n) is 5.34. The monoisotopic (exact) mass is 325 g/mol. The quantitative estimate of drug-likeness (QED) is 0.915. The van der Waals surface area contributed by atoms with E-state index >= 15 is 0 Å². The number of aromatic nitrogens is 2. The summed E-state index contributed by atoms with van der Waals surface area (Å²) in [5.74, 6) is -0.232. The van der Waals surface area contributed by atoms with E-state index in [1.807, 2.05) is 37.3 Å². The molecule has 0 saturated heterocycles. The lowest BCUT2D eigenvalue weighted by molar-refractivity contribution is -0.141. The van der Waals surface area contributed by atoms with Crippen molar-refractivity contribution in [2.75, 3.05) is 0 Å². The fourth-order valence-electron chi connectivity index (χ4n) is 2.22. The number of carbonyl (C=O) groups is 1. The first kappa shape index (κ1) is 17.1. The van der Waals surface area contributed by atoms with Crippen molar-refractivity contribution in [2.45, 2.75) is 39.0 Å². The third-order valence-electron chi connectivity index (χ3n) is 3.50. The molecule has 1 N–H and O–H groups in total. The molecule has 0 aliphatic heterocycles. The molecule has 0 bridgehead atoms. The van der Waals surface area contributed by atoms with Crippen LogP contribution in [-0.2, 0) is 17.5 Å². The zero-order valence-corrected chi connectivity index (χ0v) is 12.9. The fraction of sp³-hybridized carbons (Fsp3) is 0.375. The second-order valence-corrected chi connectivity index (χ2v) is 5.34. The van der Waals surface area contributed by atoms with Gasteiger partial charge in [0, 0.05) is 18.7 Å². The van der Waals surface area contributed by atoms with Crippen LogP contribution in [0.4, 0.5) is 13.2 Å². The predicted octanol–water partition coefficient (Wildman–Crippen LogP) is 3.48. The number of amides is 1. The Morgan fingerprint density at radius 2 is 1.96 bits per heavy atom. The number of hydrogen-bond acceptors (Lipinski definition) is 2. The first-order valence-corrected chi connectivity index (χ1v) is 7.23. The average Bonchev–Trinajstić information content (AvgIpc) is 2.87. The molecule has 2 aromatic rings. The number of rotatable bonds is 5. The molecule has 1 atom stereocenters. The molecule has 1 unspecified atom stereocenters. The van der Waals surface area contributed by atoms with Gasteiger partial charge in [-0.3, -0.25) is 9.48 Å². The third kappa shape index (κ3) is 4.58. The highest BCUT2D eigenvalue weighted by molar-refractivity contribution is 5.76. The summed E-state index contributed by atoms with van der Waals surface area (Å²) in [5, 5.41) is 6.32. The average molecular weight is 325 g/mol. The molecule has 2 rings (SSSR count). The van der Waals surface area contributed by atoms with Gasteiger partial charge in [0.05, 0.1) is 6.04 Å². The van der Waals surface area contributed by atoms with Gasteiger partial charge in [-0.15, -0.1) is 0 Å². The summed E-state index contributed by atoms with van der Waals surface area (Å²) in [6.45, 7) is 3.50. The van der Waals surface area contributed by atoms with Crippen LogP contribution in [0, 0.1) is 6.92 Å². The summed E-state index contributed by atoms with van der Waals surface area (Å²) in [5.41, 5.74) is 0.407. The van der Waals surface area contributed by atoms with Crippen LogP contribution in [0.25, 0.3) is 0 Å². The Morgan fingerprint density at radius 3 is 2.52 bits per heavy atom. The van der Waals surface area contributed by atoms with Crippen molar-refractivity contribution in [3.8, 4) is 0 Å². The summed E-state index contributed by atoms with van der Waals surface area (Å²) in [6.07, 6.45) is -4.41. The topological polar surface area (TPSA) is 46.9 Å². The lowest BCUT2D eigenvalue weighted by Crippen LogP contribution is -2.27. The van der Waals surface area contributed by atoms with Crippen molar-refractivity contribution in [1.29, 1.82) is 0 Å². The van der Waals surface area contributed by atoms with Gasteiger partial charge in [-0.2, -0.15) is 18.3 Å². The Bertz CT molecular complexity index is 665. The molecule has 0 aliphatic carbocycles. The van der Waals surface area contributed by atoms with Crippen molar-refractivity contribution in [1.82, 2.24) is 15.1 Å². The van der Waals surface area contributed by atoms with Crippen LogP contribution >= 0.6 is 0 Å². The molecule has 124 valence electrons. The van der Waals surface area contributed by atoms with Crippen LogP contribution in [-0.4, -0.2) is 15.7 Å². The van der Waals surface area contributed by atoms with E-state index in [2.05, 4.69) is 10.4 Å². The van der Waals surface area contributed by atoms with Crippen LogP contribution in [0.5, 0.6) is 0 Å². The Kier molecular flexibility index (Phi) is 5.08. The molecule has 1 aromatic carbocycles. The highest BCUT2D eigenvalue weighted by atomic mass is 19.4. The van der Waals surface area contributed by atoms with Gasteiger partial charge in [-0.1, -0.05) is 30.3 Å². The molecule has 1 aromatic heterocycles. The smallest absolute Gasteiger partial charge is 0.350 e. The summed E-state index contributed by atoms with van der Waals surface area (Å²) >= 11 is 0. The lowest BCUT2D eigenvalue weighted by Gasteiger charge is -2.14. The van der Waals surface area contributed by atoms with Gasteiger partial charge in [0.25, 0.3) is 0 Å². The predicted molar refractivity (Wildman–Crippen MR) is 79.6 cm³/mol. The van der Waals surface area contributed by atoms with E-state index in [1.54, 1.807) is 0 Å². The van der Waals surface area contributed by atoms with Crippen LogP contribution in [0.3, 0.4) is 0 Å². The standard InChI is InChI=1S/C16H18F3N3O/c1-11-10-14(16(17,18)19)21-22(11)9-8-15(23)20-12(2)13-6-4-3-5-7-13/h3-7,10,12H,8-9H2,1-2H3,(H,20,23). The molecule has 1 amide bonds. The SMILES string of the molecule is Cc1cc(C(F)(F)F)nn1CCC(=O)NC(C)c1ccccc1. The highest BCUT2D eigenvalue weighted by Crippen LogP contribution is 2.28. The van der Waals surface area contributed by atoms with Gasteiger partial charge in [0.2, 0.25) is 5.91 Å². The van der Waals surface area contributed by atoms with Crippen LogP contribution in [0.15, 0.2) is 36.4 Å². The first-order chi connectivity index (χ1) is 10.8. The normalized spacial score (nSPS) is 12.9. The zero-order valence-electron chi connectivity index (χ0n) is 12.9. The van der Waals surface area contributed by atoms with Crippen LogP contribution in [0.1, 0.15) is 36.3 Å². The maximum absolute atomic E-state index is 12.6. The highest BCUT2D eigenvalue weighted by Gasteiger charge is 2.34. The van der Waals surface area contributed by atoms with Crippen molar-refractivity contribution in [3.63, 3.8) is 0 Å². The summed E-state index contributed by atoms with van der Waals surface area (Å²) < 4.78 is 39.0. The molecule has 7 heteroatoms. The van der Waals surface area contributed by atoms with E-state index in [0.29, 0.717) is 5.69 Å². The van der Waals surface area contributed by atoms with Crippen molar-refractivity contribution >= 4 is 5.91 Å². The Hall–Kier alpha value is -2.31. The van der Waals surface area contributed by atoms with E-state index in [1.165, 1.54) is 11.6 Å². The number of aryl methyl sites for hydroxylation is 2. The minimum absolute atomic E-state index is 0.0665. The molecule has 0 saturated carbocycles. The molecule has 1 heterocycles. The van der Waals surface area contributed by atoms with E-state index in [-0.39, 0.29) is 24.9 Å². The summed E-state index contributed by atoms with van der Waals surface area (Å²) in [7, 11) is 0. The summed E-state index contributed by atoms with van der Waals surface area (Å²) in [6, 6.07) is 10.3. The number of halogens is 3. The fourth-order valence-corrected chi connectivity index (χ4v) is 2.22. The third-order valence-corrected chi connectivity index (χ3v) is 3.50. The van der Waals surface area contributed by atoms with Gasteiger partial charge in [0.15, 0.2) is 5.69 Å². The number of hydrogen-bond donors (Lipinski definition) is 1. The largest absolute Gasteiger partial charge is 0.435 e. The van der Waals surface area contributed by atoms with Gasteiger partial charge < -0.3 is 5.32 Å². The van der Waals surface area contributed by atoms with Crippen LogP contribution < -0.4 is 5.32 Å². The van der Waals surface area contributed by atoms with Crippen molar-refractivity contribution in [2.24, 2.45) is 0 Å². The maximum Gasteiger partial charge on any atom is 0.435 e. The van der Waals surface area contributed by atoms with E-state index < -0.39 is 11.9 Å². The summed E-state index contributed by atoms with van der Waals surface area (Å²) in [4.78, 5) is 11.9. The lowest BCUT2D eigenvalue weighted by atomic mass is 10.1. The van der Waals surface area contributed by atoms with Gasteiger partial charge in [-0.25, -0.2) is 0 Å². The van der Waals surface area contributed by atoms with Gasteiger partial charge in [-0.05, 0) is 25.5 Å². The number of alkyl halides is 3. The first-order valence-electron chi connectivity index (χ1n) is 7.23. The zero-order chi connectivity index (χ0) is 17.0. The van der Waals surface area contributed by atoms with E-state index in [4.69, 9.17) is 0 Å². The molecular weight excluding hydrogens is 307 g/mol. The molecule has 0 fully saturated rings. The van der Waals surface area contributed by atoms with Gasteiger partial charge >= 0.3 is 6.18 Å². The molecule has 4 nitrogen and oxygen atoms in total. The molecule has 0 radical (unpaired) electrons.